The highest BCUT2D eigenvalue weighted by Crippen LogP contribution is 2.22. The van der Waals surface area contributed by atoms with Crippen molar-refractivity contribution in [3.63, 3.8) is 0 Å². The third-order valence-electron chi connectivity index (χ3n) is 3.58. The molecule has 0 unspecified atom stereocenters. The van der Waals surface area contributed by atoms with E-state index in [1.807, 2.05) is 6.07 Å². The summed E-state index contributed by atoms with van der Waals surface area (Å²) in [6, 6.07) is 8.37. The Kier molecular flexibility index (Phi) is 3.77. The molecule has 0 N–H and O–H groups in total. The smallest absolute Gasteiger partial charge is 0.247 e. The molecule has 0 atom stereocenters. The van der Waals surface area contributed by atoms with Crippen LogP contribution in [0.5, 0.6) is 0 Å². The zero-order valence-electron chi connectivity index (χ0n) is 13.2. The summed E-state index contributed by atoms with van der Waals surface area (Å²) in [5.74, 6) is 0.987. The van der Waals surface area contributed by atoms with Gasteiger partial charge in [-0.25, -0.2) is 4.39 Å². The first-order chi connectivity index (χ1) is 12.2. The van der Waals surface area contributed by atoms with Gasteiger partial charge in [-0.15, -0.1) is 10.2 Å². The van der Waals surface area contributed by atoms with Gasteiger partial charge in [0.2, 0.25) is 23.5 Å². The van der Waals surface area contributed by atoms with E-state index >= 15 is 0 Å². The molecule has 0 aliphatic heterocycles. The van der Waals surface area contributed by atoms with Crippen LogP contribution in [0.1, 0.15) is 17.3 Å². The van der Waals surface area contributed by atoms with Crippen LogP contribution in [0.15, 0.2) is 51.7 Å². The van der Waals surface area contributed by atoms with Crippen molar-refractivity contribution in [2.24, 2.45) is 0 Å². The lowest BCUT2D eigenvalue weighted by Crippen LogP contribution is -1.89. The molecule has 0 radical (unpaired) electrons. The van der Waals surface area contributed by atoms with Crippen molar-refractivity contribution in [1.82, 2.24) is 25.3 Å². The molecule has 7 nitrogen and oxygen atoms in total. The molecule has 0 fully saturated rings. The summed E-state index contributed by atoms with van der Waals surface area (Å²) in [5.41, 5.74) is 1.82. The molecule has 124 valence electrons. The zero-order chi connectivity index (χ0) is 17.2. The van der Waals surface area contributed by atoms with Crippen LogP contribution in [-0.4, -0.2) is 25.3 Å². The van der Waals surface area contributed by atoms with Gasteiger partial charge in [0.15, 0.2) is 0 Å². The average Bonchev–Trinajstić information content (AvgIpc) is 3.28. The maximum Gasteiger partial charge on any atom is 0.247 e. The Morgan fingerprint density at radius 2 is 2.00 bits per heavy atom. The Bertz CT molecular complexity index is 1010. The molecule has 4 aromatic rings. The van der Waals surface area contributed by atoms with Gasteiger partial charge in [0.05, 0.1) is 0 Å². The number of aromatic nitrogens is 5. The molecule has 25 heavy (non-hydrogen) atoms. The molecule has 3 heterocycles. The number of aryl methyl sites for hydroxylation is 1. The topological polar surface area (TPSA) is 90.7 Å². The minimum Gasteiger partial charge on any atom is -0.420 e. The highest BCUT2D eigenvalue weighted by Gasteiger charge is 2.15. The fraction of sp³-hybridized carbons (Fsp3) is 0.118. The molecular weight excluding hydrogens is 325 g/mol. The van der Waals surface area contributed by atoms with Crippen LogP contribution >= 0.6 is 0 Å². The number of nitrogens with zero attached hydrogens (tertiary/aromatic N) is 5. The van der Waals surface area contributed by atoms with Gasteiger partial charge < -0.3 is 8.94 Å². The molecule has 0 aliphatic carbocycles. The predicted octanol–water partition coefficient (Wildman–Crippen LogP) is 3.22. The van der Waals surface area contributed by atoms with Gasteiger partial charge in [0.1, 0.15) is 12.2 Å². The molecule has 0 spiro atoms. The molecule has 0 amide bonds. The van der Waals surface area contributed by atoms with Gasteiger partial charge in [-0.2, -0.15) is 4.98 Å². The SMILES string of the molecule is Cc1ccc(-c2nnc(Cc3nc(-c4cccnc4)no3)o2)cc1F. The Hall–Kier alpha value is -3.42. The first-order valence-corrected chi connectivity index (χ1v) is 7.51. The number of rotatable bonds is 4. The van der Waals surface area contributed by atoms with Crippen molar-refractivity contribution in [2.75, 3.05) is 0 Å². The maximum atomic E-state index is 13.7. The summed E-state index contributed by atoms with van der Waals surface area (Å²) in [4.78, 5) is 8.29. The standard InChI is InChI=1S/C17H12FN5O2/c1-10-4-5-11(7-13(10)18)17-22-21-15(24-17)8-14-20-16(23-25-14)12-3-2-6-19-9-12/h2-7,9H,8H2,1H3. The monoisotopic (exact) mass is 337 g/mol. The Labute approximate surface area is 141 Å². The largest absolute Gasteiger partial charge is 0.420 e. The summed E-state index contributed by atoms with van der Waals surface area (Å²) < 4.78 is 24.4. The lowest BCUT2D eigenvalue weighted by Gasteiger charge is -1.97. The van der Waals surface area contributed by atoms with Gasteiger partial charge in [-0.05, 0) is 36.8 Å². The van der Waals surface area contributed by atoms with Crippen LogP contribution in [0.25, 0.3) is 22.8 Å². The van der Waals surface area contributed by atoms with Crippen molar-refractivity contribution in [2.45, 2.75) is 13.3 Å². The van der Waals surface area contributed by atoms with E-state index in [9.17, 15) is 4.39 Å². The Morgan fingerprint density at radius 3 is 2.80 bits per heavy atom. The third-order valence-corrected chi connectivity index (χ3v) is 3.58. The van der Waals surface area contributed by atoms with Crippen LogP contribution < -0.4 is 0 Å². The van der Waals surface area contributed by atoms with Crippen LogP contribution in [0, 0.1) is 12.7 Å². The molecule has 3 aromatic heterocycles. The van der Waals surface area contributed by atoms with Crippen molar-refractivity contribution < 1.29 is 13.3 Å². The van der Waals surface area contributed by atoms with Gasteiger partial charge >= 0.3 is 0 Å². The molecule has 4 rings (SSSR count). The van der Waals surface area contributed by atoms with Crippen molar-refractivity contribution in [1.29, 1.82) is 0 Å². The number of benzene rings is 1. The van der Waals surface area contributed by atoms with Crippen LogP contribution in [0.2, 0.25) is 0 Å². The van der Waals surface area contributed by atoms with Crippen LogP contribution in [0.3, 0.4) is 0 Å². The van der Waals surface area contributed by atoms with E-state index in [1.165, 1.54) is 6.07 Å². The summed E-state index contributed by atoms with van der Waals surface area (Å²) in [7, 11) is 0. The summed E-state index contributed by atoms with van der Waals surface area (Å²) in [6.45, 7) is 1.69. The molecule has 1 aromatic carbocycles. The fourth-order valence-electron chi connectivity index (χ4n) is 2.24. The first kappa shape index (κ1) is 15.1. The highest BCUT2D eigenvalue weighted by atomic mass is 19.1. The lowest BCUT2D eigenvalue weighted by molar-refractivity contribution is 0.374. The minimum atomic E-state index is -0.324. The van der Waals surface area contributed by atoms with E-state index in [4.69, 9.17) is 8.94 Å². The molecule has 0 aliphatic rings. The number of halogens is 1. The average molecular weight is 337 g/mol. The van der Waals surface area contributed by atoms with Gasteiger partial charge in [0.25, 0.3) is 0 Å². The molecule has 8 heteroatoms. The molecule has 0 saturated carbocycles. The maximum absolute atomic E-state index is 13.7. The Morgan fingerprint density at radius 1 is 1.08 bits per heavy atom. The van der Waals surface area contributed by atoms with Crippen LogP contribution in [0.4, 0.5) is 4.39 Å². The Balaban J connectivity index is 1.53. The number of hydrogen-bond acceptors (Lipinski definition) is 7. The molecule has 0 saturated heterocycles. The van der Waals surface area contributed by atoms with E-state index in [2.05, 4.69) is 25.3 Å². The van der Waals surface area contributed by atoms with Crippen LogP contribution in [-0.2, 0) is 6.42 Å². The minimum absolute atomic E-state index is 0.189. The molecular formula is C17H12FN5O2. The van der Waals surface area contributed by atoms with Gasteiger partial charge in [-0.1, -0.05) is 11.2 Å². The fourth-order valence-corrected chi connectivity index (χ4v) is 2.24. The normalized spacial score (nSPS) is 11.0. The van der Waals surface area contributed by atoms with Crippen molar-refractivity contribution >= 4 is 0 Å². The second kappa shape index (κ2) is 6.23. The van der Waals surface area contributed by atoms with Gasteiger partial charge in [-0.3, -0.25) is 4.98 Å². The van der Waals surface area contributed by atoms with Crippen molar-refractivity contribution in [3.05, 3.63) is 65.9 Å². The quantitative estimate of drug-likeness (QED) is 0.564. The highest BCUT2D eigenvalue weighted by molar-refractivity contribution is 5.53. The number of pyridine rings is 1. The van der Waals surface area contributed by atoms with Crippen molar-refractivity contribution in [3.8, 4) is 22.8 Å². The molecule has 0 bridgehead atoms. The summed E-state index contributed by atoms with van der Waals surface area (Å²) >= 11 is 0. The second-order valence-corrected chi connectivity index (χ2v) is 5.40. The second-order valence-electron chi connectivity index (χ2n) is 5.40. The third kappa shape index (κ3) is 3.14. The number of hydrogen-bond donors (Lipinski definition) is 0. The lowest BCUT2D eigenvalue weighted by atomic mass is 10.1. The van der Waals surface area contributed by atoms with Gasteiger partial charge in [0, 0.05) is 23.5 Å². The van der Waals surface area contributed by atoms with E-state index in [-0.39, 0.29) is 18.1 Å². The summed E-state index contributed by atoms with van der Waals surface area (Å²) in [6.07, 6.45) is 3.50. The van der Waals surface area contributed by atoms with E-state index < -0.39 is 0 Å². The van der Waals surface area contributed by atoms with E-state index in [1.54, 1.807) is 37.5 Å². The van der Waals surface area contributed by atoms with E-state index in [0.29, 0.717) is 28.7 Å². The zero-order valence-corrected chi connectivity index (χ0v) is 13.2. The summed E-state index contributed by atoms with van der Waals surface area (Å²) in [5, 5.41) is 11.8. The first-order valence-electron chi connectivity index (χ1n) is 7.51. The van der Waals surface area contributed by atoms with E-state index in [0.717, 1.165) is 5.56 Å². The predicted molar refractivity (Wildman–Crippen MR) is 84.8 cm³/mol.